The maximum atomic E-state index is 13.4. The number of aryl methyl sites for hydroxylation is 3. The first kappa shape index (κ1) is 21.2. The summed E-state index contributed by atoms with van der Waals surface area (Å²) in [5.41, 5.74) is 3.51. The highest BCUT2D eigenvalue weighted by molar-refractivity contribution is 7.93. The molecule has 2 aliphatic carbocycles. The molecule has 0 bridgehead atoms. The Bertz CT molecular complexity index is 1070. The Balaban J connectivity index is 1.76. The molecule has 1 aromatic carbocycles. The molecule has 0 fully saturated rings. The van der Waals surface area contributed by atoms with Crippen LogP contribution in [-0.2, 0) is 40.4 Å². The fourth-order valence-corrected chi connectivity index (χ4v) is 7.13. The summed E-state index contributed by atoms with van der Waals surface area (Å²) >= 11 is 1.35. The number of sulfonamides is 1. The molecule has 0 radical (unpaired) electrons. The van der Waals surface area contributed by atoms with Crippen LogP contribution in [0.4, 0.5) is 5.00 Å². The zero-order valence-electron chi connectivity index (χ0n) is 17.4. The van der Waals surface area contributed by atoms with Crippen LogP contribution < -0.4 is 9.46 Å². The number of methoxy groups -OCH3 is 1. The minimum absolute atomic E-state index is 0.117. The zero-order valence-corrected chi connectivity index (χ0v) is 19.0. The van der Waals surface area contributed by atoms with Crippen molar-refractivity contribution in [2.45, 2.75) is 63.2 Å². The van der Waals surface area contributed by atoms with E-state index in [-0.39, 0.29) is 11.5 Å². The lowest BCUT2D eigenvalue weighted by atomic mass is 9.92. The van der Waals surface area contributed by atoms with Gasteiger partial charge in [-0.05, 0) is 87.1 Å². The van der Waals surface area contributed by atoms with E-state index < -0.39 is 16.0 Å². The molecular formula is C22H27NO5S2. The van der Waals surface area contributed by atoms with Crippen LogP contribution in [-0.4, -0.2) is 28.1 Å². The molecule has 0 aliphatic heterocycles. The third kappa shape index (κ3) is 3.95. The van der Waals surface area contributed by atoms with Crippen molar-refractivity contribution < 1.29 is 22.7 Å². The van der Waals surface area contributed by atoms with E-state index >= 15 is 0 Å². The van der Waals surface area contributed by atoms with Crippen LogP contribution in [0.3, 0.4) is 0 Å². The van der Waals surface area contributed by atoms with Crippen molar-refractivity contribution >= 4 is 32.3 Å². The summed E-state index contributed by atoms with van der Waals surface area (Å²) in [5, 5.41) is 0.347. The van der Waals surface area contributed by atoms with Crippen molar-refractivity contribution in [1.82, 2.24) is 0 Å². The predicted molar refractivity (Wildman–Crippen MR) is 117 cm³/mol. The number of ether oxygens (including phenoxy) is 2. The standard InChI is InChI=1S/C22H27NO5S2/c1-3-28-22(24)20-16-10-6-7-11-18(16)29-21(20)23-30(25,26)19-13-15-9-5-4-8-14(15)12-17(19)27-2/h12-13,23H,3-11H2,1-2H3. The number of fused-ring (bicyclic) bond motifs is 2. The minimum atomic E-state index is -3.93. The average molecular weight is 450 g/mol. The van der Waals surface area contributed by atoms with Crippen molar-refractivity contribution in [2.75, 3.05) is 18.4 Å². The van der Waals surface area contributed by atoms with E-state index in [9.17, 15) is 13.2 Å². The van der Waals surface area contributed by atoms with E-state index in [0.717, 1.165) is 72.9 Å². The fourth-order valence-electron chi connectivity index (χ4n) is 4.34. The molecule has 8 heteroatoms. The molecule has 6 nitrogen and oxygen atoms in total. The van der Waals surface area contributed by atoms with Crippen molar-refractivity contribution in [1.29, 1.82) is 0 Å². The number of rotatable bonds is 6. The number of esters is 1. The summed E-state index contributed by atoms with van der Waals surface area (Å²) in [6.07, 6.45) is 7.61. The summed E-state index contributed by atoms with van der Waals surface area (Å²) < 4.78 is 40.1. The van der Waals surface area contributed by atoms with E-state index in [2.05, 4.69) is 4.72 Å². The Kier molecular flexibility index (Phi) is 6.06. The number of hydrogen-bond donors (Lipinski definition) is 1. The highest BCUT2D eigenvalue weighted by Crippen LogP contribution is 2.40. The van der Waals surface area contributed by atoms with Gasteiger partial charge in [-0.15, -0.1) is 11.3 Å². The zero-order chi connectivity index (χ0) is 21.3. The molecule has 0 unspecified atom stereocenters. The van der Waals surface area contributed by atoms with Crippen LogP contribution in [0.15, 0.2) is 17.0 Å². The Morgan fingerprint density at radius 2 is 1.73 bits per heavy atom. The van der Waals surface area contributed by atoms with Crippen LogP contribution in [0.2, 0.25) is 0 Å². The van der Waals surface area contributed by atoms with Crippen molar-refractivity contribution in [3.05, 3.63) is 39.3 Å². The van der Waals surface area contributed by atoms with E-state index in [4.69, 9.17) is 9.47 Å². The second kappa shape index (κ2) is 8.59. The molecular weight excluding hydrogens is 422 g/mol. The first-order valence-corrected chi connectivity index (χ1v) is 12.8. The Labute approximate surface area is 181 Å². The third-order valence-corrected chi connectivity index (χ3v) is 8.50. The summed E-state index contributed by atoms with van der Waals surface area (Å²) in [7, 11) is -2.45. The Hall–Kier alpha value is -2.06. The van der Waals surface area contributed by atoms with Gasteiger partial charge in [-0.2, -0.15) is 0 Å². The lowest BCUT2D eigenvalue weighted by molar-refractivity contribution is 0.0526. The first-order chi connectivity index (χ1) is 14.4. The van der Waals surface area contributed by atoms with Gasteiger partial charge in [-0.3, -0.25) is 4.72 Å². The molecule has 0 amide bonds. The number of benzene rings is 1. The summed E-state index contributed by atoms with van der Waals surface area (Å²) in [4.78, 5) is 13.8. The van der Waals surface area contributed by atoms with E-state index in [1.54, 1.807) is 13.0 Å². The molecule has 162 valence electrons. The molecule has 4 rings (SSSR count). The quantitative estimate of drug-likeness (QED) is 0.657. The second-order valence-electron chi connectivity index (χ2n) is 7.72. The molecule has 0 atom stereocenters. The molecule has 0 spiro atoms. The average Bonchev–Trinajstić information content (AvgIpc) is 3.10. The van der Waals surface area contributed by atoms with Crippen LogP contribution in [0.5, 0.6) is 5.75 Å². The van der Waals surface area contributed by atoms with Crippen molar-refractivity contribution in [2.24, 2.45) is 0 Å². The fraction of sp³-hybridized carbons (Fsp3) is 0.500. The Morgan fingerprint density at radius 3 is 2.43 bits per heavy atom. The number of anilines is 1. The van der Waals surface area contributed by atoms with Crippen LogP contribution in [0, 0.1) is 0 Å². The molecule has 0 saturated carbocycles. The van der Waals surface area contributed by atoms with Crippen molar-refractivity contribution in [3.8, 4) is 5.75 Å². The van der Waals surface area contributed by atoms with E-state index in [1.165, 1.54) is 18.4 Å². The van der Waals surface area contributed by atoms with E-state index in [1.807, 2.05) is 6.07 Å². The second-order valence-corrected chi connectivity index (χ2v) is 10.5. The molecule has 0 saturated heterocycles. The number of carbonyl (C=O) groups is 1. The maximum absolute atomic E-state index is 13.4. The highest BCUT2D eigenvalue weighted by atomic mass is 32.2. The van der Waals surface area contributed by atoms with Gasteiger partial charge in [0.15, 0.2) is 0 Å². The van der Waals surface area contributed by atoms with Gasteiger partial charge in [0.1, 0.15) is 15.6 Å². The van der Waals surface area contributed by atoms with Gasteiger partial charge in [0.25, 0.3) is 10.0 Å². The molecule has 2 aliphatic rings. The summed E-state index contributed by atoms with van der Waals surface area (Å²) in [6.45, 7) is 1.99. The molecule has 1 heterocycles. The number of hydrogen-bond acceptors (Lipinski definition) is 6. The van der Waals surface area contributed by atoms with Gasteiger partial charge >= 0.3 is 5.97 Å². The van der Waals surface area contributed by atoms with E-state index in [0.29, 0.717) is 16.3 Å². The molecule has 30 heavy (non-hydrogen) atoms. The highest BCUT2D eigenvalue weighted by Gasteiger charge is 2.30. The predicted octanol–water partition coefficient (Wildman–Crippen LogP) is 4.49. The smallest absolute Gasteiger partial charge is 0.341 e. The van der Waals surface area contributed by atoms with Gasteiger partial charge in [0.2, 0.25) is 0 Å². The number of nitrogens with one attached hydrogen (secondary N) is 1. The Morgan fingerprint density at radius 1 is 1.07 bits per heavy atom. The number of carbonyl (C=O) groups excluding carboxylic acids is 1. The summed E-state index contributed by atoms with van der Waals surface area (Å²) in [5.74, 6) is -0.130. The molecule has 2 aromatic rings. The van der Waals surface area contributed by atoms with Crippen LogP contribution >= 0.6 is 11.3 Å². The van der Waals surface area contributed by atoms with Gasteiger partial charge in [-0.1, -0.05) is 0 Å². The minimum Gasteiger partial charge on any atom is -0.495 e. The normalized spacial score (nSPS) is 15.8. The van der Waals surface area contributed by atoms with Crippen LogP contribution in [0.1, 0.15) is 64.5 Å². The SMILES string of the molecule is CCOC(=O)c1c(NS(=O)(=O)c2cc3c(cc2OC)CCCC3)sc2c1CCCC2. The number of thiophene rings is 1. The monoisotopic (exact) mass is 449 g/mol. The summed E-state index contributed by atoms with van der Waals surface area (Å²) in [6, 6.07) is 3.57. The van der Waals surface area contributed by atoms with Gasteiger partial charge < -0.3 is 9.47 Å². The van der Waals surface area contributed by atoms with Gasteiger partial charge in [0.05, 0.1) is 19.3 Å². The lowest BCUT2D eigenvalue weighted by Gasteiger charge is -2.19. The lowest BCUT2D eigenvalue weighted by Crippen LogP contribution is -2.18. The molecule has 1 N–H and O–H groups in total. The topological polar surface area (TPSA) is 81.7 Å². The van der Waals surface area contributed by atoms with Gasteiger partial charge in [0, 0.05) is 4.88 Å². The third-order valence-electron chi connectivity index (χ3n) is 5.80. The van der Waals surface area contributed by atoms with Crippen molar-refractivity contribution in [3.63, 3.8) is 0 Å². The maximum Gasteiger partial charge on any atom is 0.341 e. The molecule has 1 aromatic heterocycles. The van der Waals surface area contributed by atoms with Crippen LogP contribution in [0.25, 0.3) is 0 Å². The van der Waals surface area contributed by atoms with Gasteiger partial charge in [-0.25, -0.2) is 13.2 Å². The largest absolute Gasteiger partial charge is 0.495 e. The first-order valence-electron chi connectivity index (χ1n) is 10.5.